The molecule has 3 rings (SSSR count). The van der Waals surface area contributed by atoms with Crippen molar-refractivity contribution in [2.75, 3.05) is 13.2 Å². The van der Waals surface area contributed by atoms with Crippen LogP contribution in [-0.2, 0) is 19.3 Å². The van der Waals surface area contributed by atoms with E-state index >= 15 is 0 Å². The number of carbonyl (C=O) groups is 1. The van der Waals surface area contributed by atoms with Crippen molar-refractivity contribution in [2.24, 2.45) is 0 Å². The monoisotopic (exact) mass is 396 g/mol. The van der Waals surface area contributed by atoms with Gasteiger partial charge in [-0.15, -0.1) is 0 Å². The van der Waals surface area contributed by atoms with Crippen molar-refractivity contribution in [2.45, 2.75) is 26.2 Å². The fraction of sp³-hybridized carbons (Fsp3) is 0.273. The first-order valence-electron chi connectivity index (χ1n) is 9.50. The zero-order valence-corrected chi connectivity index (χ0v) is 16.2. The van der Waals surface area contributed by atoms with E-state index in [1.54, 1.807) is 0 Å². The van der Waals surface area contributed by atoms with Gasteiger partial charge in [0.2, 0.25) is 0 Å². The van der Waals surface area contributed by atoms with E-state index in [9.17, 15) is 15.0 Å². The maximum atomic E-state index is 12.2. The molecule has 0 bridgehead atoms. The Hall–Kier alpha value is -3.32. The average Bonchev–Trinajstić information content (AvgIpc) is 3.19. The second kappa shape index (κ2) is 9.25. The Morgan fingerprint density at radius 1 is 1.10 bits per heavy atom. The number of nitrogens with one attached hydrogen (secondary N) is 1. The van der Waals surface area contributed by atoms with E-state index in [1.807, 2.05) is 37.3 Å². The highest BCUT2D eigenvalue weighted by Gasteiger charge is 2.21. The molecule has 2 aromatic carbocycles. The number of aryl methyl sites for hydroxylation is 1. The first kappa shape index (κ1) is 20.4. The number of aromatic hydroxyl groups is 2. The maximum Gasteiger partial charge on any atom is 0.273 e. The lowest BCUT2D eigenvalue weighted by molar-refractivity contribution is 0.0938. The Kier molecular flexibility index (Phi) is 6.51. The van der Waals surface area contributed by atoms with Gasteiger partial charge in [0.15, 0.2) is 12.1 Å². The van der Waals surface area contributed by atoms with Gasteiger partial charge in [-0.1, -0.05) is 37.3 Å². The summed E-state index contributed by atoms with van der Waals surface area (Å²) in [6.07, 6.45) is 2.59. The molecule has 0 saturated carbocycles. The summed E-state index contributed by atoms with van der Waals surface area (Å²) in [4.78, 5) is 16.2. The smallest absolute Gasteiger partial charge is 0.273 e. The van der Waals surface area contributed by atoms with Crippen molar-refractivity contribution in [1.82, 2.24) is 10.3 Å². The van der Waals surface area contributed by atoms with Crippen molar-refractivity contribution >= 4 is 5.91 Å². The molecule has 0 aliphatic carbocycles. The maximum absolute atomic E-state index is 12.2. The largest absolute Gasteiger partial charge is 0.508 e. The van der Waals surface area contributed by atoms with Crippen molar-refractivity contribution in [1.29, 1.82) is 0 Å². The van der Waals surface area contributed by atoms with Crippen LogP contribution in [0.2, 0.25) is 0 Å². The van der Waals surface area contributed by atoms with E-state index in [1.165, 1.54) is 12.5 Å². The molecule has 0 aliphatic rings. The summed E-state index contributed by atoms with van der Waals surface area (Å²) >= 11 is 0. The third-order valence-electron chi connectivity index (χ3n) is 4.78. The molecule has 1 amide bonds. The fourth-order valence-corrected chi connectivity index (χ4v) is 3.47. The van der Waals surface area contributed by atoms with Crippen LogP contribution in [0.4, 0.5) is 0 Å². The van der Waals surface area contributed by atoms with Gasteiger partial charge in [-0.05, 0) is 29.5 Å². The van der Waals surface area contributed by atoms with Crippen molar-refractivity contribution < 1.29 is 24.5 Å². The Balaban J connectivity index is 1.96. The molecule has 29 heavy (non-hydrogen) atoms. The molecule has 1 aromatic heterocycles. The second-order valence-corrected chi connectivity index (χ2v) is 6.57. The van der Waals surface area contributed by atoms with E-state index in [0.717, 1.165) is 16.7 Å². The van der Waals surface area contributed by atoms with Gasteiger partial charge in [0.1, 0.15) is 17.3 Å². The zero-order valence-electron chi connectivity index (χ0n) is 16.2. The van der Waals surface area contributed by atoms with Gasteiger partial charge < -0.3 is 25.1 Å². The van der Waals surface area contributed by atoms with Gasteiger partial charge in [0, 0.05) is 24.6 Å². The molecular formula is C22H24N2O5. The summed E-state index contributed by atoms with van der Waals surface area (Å²) in [6, 6.07) is 10.8. The topological polar surface area (TPSA) is 116 Å². The lowest BCUT2D eigenvalue weighted by Crippen LogP contribution is -2.27. The summed E-state index contributed by atoms with van der Waals surface area (Å²) in [6.45, 7) is 1.90. The Morgan fingerprint density at radius 3 is 2.55 bits per heavy atom. The Labute approximate surface area is 168 Å². The van der Waals surface area contributed by atoms with Crippen LogP contribution < -0.4 is 5.32 Å². The number of hydrogen-bond acceptors (Lipinski definition) is 6. The number of aliphatic hydroxyl groups excluding tert-OH is 1. The second-order valence-electron chi connectivity index (χ2n) is 6.57. The highest BCUT2D eigenvalue weighted by atomic mass is 16.3. The molecule has 7 heteroatoms. The Bertz CT molecular complexity index is 982. The molecular weight excluding hydrogens is 372 g/mol. The number of carbonyl (C=O) groups excluding carboxylic acids is 1. The van der Waals surface area contributed by atoms with Crippen molar-refractivity contribution in [3.63, 3.8) is 0 Å². The number of amides is 1. The van der Waals surface area contributed by atoms with Crippen LogP contribution >= 0.6 is 0 Å². The van der Waals surface area contributed by atoms with E-state index in [0.29, 0.717) is 30.6 Å². The van der Waals surface area contributed by atoms with Crippen molar-refractivity contribution in [3.8, 4) is 22.6 Å². The molecule has 0 saturated heterocycles. The number of phenols is 2. The molecule has 0 spiro atoms. The summed E-state index contributed by atoms with van der Waals surface area (Å²) in [7, 11) is 0. The summed E-state index contributed by atoms with van der Waals surface area (Å²) in [5, 5.41) is 32.4. The minimum Gasteiger partial charge on any atom is -0.508 e. The molecule has 7 nitrogen and oxygen atoms in total. The SMILES string of the molecule is CCc1c(O)cc(O)c(-c2ccccc2)c1CCc1ocnc1C(=O)NCCO. The zero-order chi connectivity index (χ0) is 20.8. The standard InChI is InChI=1S/C22H24N2O5/c1-2-15-16(8-9-19-21(24-13-29-19)22(28)23-10-11-25)20(18(27)12-17(15)26)14-6-4-3-5-7-14/h3-7,12-13,25-27H,2,8-11H2,1H3,(H,23,28). The highest BCUT2D eigenvalue weighted by molar-refractivity contribution is 5.93. The molecule has 4 N–H and O–H groups in total. The first-order valence-corrected chi connectivity index (χ1v) is 9.50. The molecule has 152 valence electrons. The number of nitrogens with zero attached hydrogens (tertiary/aromatic N) is 1. The quantitative estimate of drug-likeness (QED) is 0.465. The average molecular weight is 396 g/mol. The third-order valence-corrected chi connectivity index (χ3v) is 4.78. The molecule has 0 radical (unpaired) electrons. The highest BCUT2D eigenvalue weighted by Crippen LogP contribution is 2.40. The number of oxazole rings is 1. The van der Waals surface area contributed by atoms with Crippen LogP contribution in [-0.4, -0.2) is 39.4 Å². The summed E-state index contributed by atoms with van der Waals surface area (Å²) in [5.74, 6) is 0.0300. The predicted molar refractivity (Wildman–Crippen MR) is 108 cm³/mol. The van der Waals surface area contributed by atoms with E-state index in [4.69, 9.17) is 9.52 Å². The third kappa shape index (κ3) is 4.41. The molecule has 3 aromatic rings. The normalized spacial score (nSPS) is 10.8. The Morgan fingerprint density at radius 2 is 1.86 bits per heavy atom. The van der Waals surface area contributed by atoms with E-state index in [2.05, 4.69) is 10.3 Å². The first-order chi connectivity index (χ1) is 14.1. The van der Waals surface area contributed by atoms with Gasteiger partial charge in [-0.3, -0.25) is 4.79 Å². The lowest BCUT2D eigenvalue weighted by Gasteiger charge is -2.17. The number of aliphatic hydroxyl groups is 1. The molecule has 0 unspecified atom stereocenters. The van der Waals surface area contributed by atoms with Crippen LogP contribution in [0, 0.1) is 0 Å². The molecule has 1 heterocycles. The van der Waals surface area contributed by atoms with Crippen LogP contribution in [0.5, 0.6) is 11.5 Å². The number of aromatic nitrogens is 1. The van der Waals surface area contributed by atoms with Crippen LogP contribution in [0.15, 0.2) is 47.2 Å². The van der Waals surface area contributed by atoms with Crippen LogP contribution in [0.1, 0.15) is 34.3 Å². The van der Waals surface area contributed by atoms with Crippen molar-refractivity contribution in [3.05, 3.63) is 65.4 Å². The number of hydrogen-bond donors (Lipinski definition) is 4. The van der Waals surface area contributed by atoms with E-state index in [-0.39, 0.29) is 30.3 Å². The number of rotatable bonds is 8. The van der Waals surface area contributed by atoms with E-state index < -0.39 is 5.91 Å². The summed E-state index contributed by atoms with van der Waals surface area (Å²) in [5.41, 5.74) is 3.21. The molecule has 0 atom stereocenters. The summed E-state index contributed by atoms with van der Waals surface area (Å²) < 4.78 is 5.41. The van der Waals surface area contributed by atoms with Gasteiger partial charge in [-0.25, -0.2) is 4.98 Å². The molecule has 0 aliphatic heterocycles. The number of benzene rings is 2. The minimum absolute atomic E-state index is 0.000572. The van der Waals surface area contributed by atoms with Crippen LogP contribution in [0.3, 0.4) is 0 Å². The lowest BCUT2D eigenvalue weighted by atomic mass is 9.89. The van der Waals surface area contributed by atoms with Gasteiger partial charge >= 0.3 is 0 Å². The number of phenolic OH excluding ortho intramolecular Hbond substituents is 2. The molecule has 0 fully saturated rings. The van der Waals surface area contributed by atoms with Crippen LogP contribution in [0.25, 0.3) is 11.1 Å². The predicted octanol–water partition coefficient (Wildman–Crippen LogP) is 2.82. The van der Waals surface area contributed by atoms with Gasteiger partial charge in [0.25, 0.3) is 5.91 Å². The minimum atomic E-state index is -0.416. The van der Waals surface area contributed by atoms with Gasteiger partial charge in [0.05, 0.1) is 6.61 Å². The fourth-order valence-electron chi connectivity index (χ4n) is 3.47. The van der Waals surface area contributed by atoms with Gasteiger partial charge in [-0.2, -0.15) is 0 Å².